The number of benzene rings is 2. The SMILES string of the molecule is CCNC(=NCC(O)c1cc(OC)cc(OC)c1)NCCc1ccccc1. The van der Waals surface area contributed by atoms with Crippen LogP contribution >= 0.6 is 0 Å². The summed E-state index contributed by atoms with van der Waals surface area (Å²) in [6, 6.07) is 15.6. The van der Waals surface area contributed by atoms with Crippen LogP contribution in [0.25, 0.3) is 0 Å². The molecular weight excluding hydrogens is 342 g/mol. The van der Waals surface area contributed by atoms with E-state index in [9.17, 15) is 5.11 Å². The quantitative estimate of drug-likeness (QED) is 0.467. The van der Waals surface area contributed by atoms with Crippen molar-refractivity contribution in [1.82, 2.24) is 10.6 Å². The summed E-state index contributed by atoms with van der Waals surface area (Å²) < 4.78 is 10.5. The molecule has 6 heteroatoms. The molecule has 2 aromatic carbocycles. The zero-order chi connectivity index (χ0) is 19.5. The topological polar surface area (TPSA) is 75.1 Å². The molecule has 0 aliphatic carbocycles. The Labute approximate surface area is 161 Å². The first-order valence-corrected chi connectivity index (χ1v) is 9.13. The summed E-state index contributed by atoms with van der Waals surface area (Å²) in [4.78, 5) is 4.49. The fourth-order valence-corrected chi connectivity index (χ4v) is 2.62. The van der Waals surface area contributed by atoms with Crippen molar-refractivity contribution in [3.05, 3.63) is 59.7 Å². The number of nitrogens with one attached hydrogen (secondary N) is 2. The van der Waals surface area contributed by atoms with Crippen LogP contribution in [-0.4, -0.2) is 44.9 Å². The minimum Gasteiger partial charge on any atom is -0.497 e. The predicted molar refractivity (Wildman–Crippen MR) is 109 cm³/mol. The molecule has 0 aromatic heterocycles. The van der Waals surface area contributed by atoms with Crippen molar-refractivity contribution in [1.29, 1.82) is 0 Å². The Bertz CT molecular complexity index is 698. The lowest BCUT2D eigenvalue weighted by molar-refractivity contribution is 0.186. The number of nitrogens with zero attached hydrogens (tertiary/aromatic N) is 1. The van der Waals surface area contributed by atoms with Crippen molar-refractivity contribution in [2.45, 2.75) is 19.4 Å². The monoisotopic (exact) mass is 371 g/mol. The molecule has 6 nitrogen and oxygen atoms in total. The van der Waals surface area contributed by atoms with Crippen molar-refractivity contribution in [2.75, 3.05) is 33.9 Å². The van der Waals surface area contributed by atoms with Gasteiger partial charge in [-0.05, 0) is 36.6 Å². The van der Waals surface area contributed by atoms with Gasteiger partial charge in [-0.2, -0.15) is 0 Å². The summed E-state index contributed by atoms with van der Waals surface area (Å²) in [5, 5.41) is 17.0. The second-order valence-electron chi connectivity index (χ2n) is 6.04. The molecule has 0 amide bonds. The Morgan fingerprint density at radius 1 is 1.04 bits per heavy atom. The van der Waals surface area contributed by atoms with E-state index in [0.717, 1.165) is 19.5 Å². The fraction of sp³-hybridized carbons (Fsp3) is 0.381. The first-order chi connectivity index (χ1) is 13.2. The van der Waals surface area contributed by atoms with Crippen molar-refractivity contribution < 1.29 is 14.6 Å². The average Bonchev–Trinajstić information content (AvgIpc) is 2.72. The van der Waals surface area contributed by atoms with Gasteiger partial charge in [-0.25, -0.2) is 0 Å². The van der Waals surface area contributed by atoms with E-state index in [2.05, 4.69) is 27.8 Å². The molecule has 1 atom stereocenters. The molecule has 146 valence electrons. The number of aliphatic imine (C=N–C) groups is 1. The Balaban J connectivity index is 1.96. The fourth-order valence-electron chi connectivity index (χ4n) is 2.62. The maximum Gasteiger partial charge on any atom is 0.191 e. The van der Waals surface area contributed by atoms with Crippen LogP contribution in [0.1, 0.15) is 24.2 Å². The van der Waals surface area contributed by atoms with Crippen LogP contribution < -0.4 is 20.1 Å². The highest BCUT2D eigenvalue weighted by Gasteiger charge is 2.11. The lowest BCUT2D eigenvalue weighted by atomic mass is 10.1. The number of aliphatic hydroxyl groups excluding tert-OH is 1. The Hall–Kier alpha value is -2.73. The largest absolute Gasteiger partial charge is 0.497 e. The van der Waals surface area contributed by atoms with Crippen LogP contribution in [0.4, 0.5) is 0 Å². The Kier molecular flexibility index (Phi) is 8.45. The van der Waals surface area contributed by atoms with Gasteiger partial charge in [0.15, 0.2) is 5.96 Å². The minimum atomic E-state index is -0.751. The normalized spacial score (nSPS) is 12.4. The molecule has 27 heavy (non-hydrogen) atoms. The molecule has 0 fully saturated rings. The van der Waals surface area contributed by atoms with E-state index < -0.39 is 6.10 Å². The molecule has 0 bridgehead atoms. The molecule has 0 radical (unpaired) electrons. The summed E-state index contributed by atoms with van der Waals surface area (Å²) in [6.45, 7) is 3.76. The molecule has 2 aromatic rings. The third-order valence-electron chi connectivity index (χ3n) is 4.07. The van der Waals surface area contributed by atoms with Gasteiger partial charge in [0, 0.05) is 19.2 Å². The van der Waals surface area contributed by atoms with E-state index in [1.165, 1.54) is 5.56 Å². The van der Waals surface area contributed by atoms with Crippen LogP contribution in [0.2, 0.25) is 0 Å². The van der Waals surface area contributed by atoms with Crippen LogP contribution in [0.5, 0.6) is 11.5 Å². The number of guanidine groups is 1. The van der Waals surface area contributed by atoms with Crippen molar-refractivity contribution >= 4 is 5.96 Å². The van der Waals surface area contributed by atoms with Crippen molar-refractivity contribution in [3.8, 4) is 11.5 Å². The van der Waals surface area contributed by atoms with E-state index in [-0.39, 0.29) is 6.54 Å². The van der Waals surface area contributed by atoms with Crippen molar-refractivity contribution in [2.24, 2.45) is 4.99 Å². The molecule has 0 heterocycles. The van der Waals surface area contributed by atoms with Crippen LogP contribution in [0, 0.1) is 0 Å². The summed E-state index contributed by atoms with van der Waals surface area (Å²) in [7, 11) is 3.17. The summed E-state index contributed by atoms with van der Waals surface area (Å²) in [5.41, 5.74) is 1.97. The minimum absolute atomic E-state index is 0.233. The van der Waals surface area contributed by atoms with Crippen LogP contribution in [-0.2, 0) is 6.42 Å². The number of rotatable bonds is 9. The van der Waals surface area contributed by atoms with E-state index in [4.69, 9.17) is 9.47 Å². The maximum absolute atomic E-state index is 10.5. The van der Waals surface area contributed by atoms with Gasteiger partial charge in [-0.15, -0.1) is 0 Å². The molecular formula is C21H29N3O3. The number of hydrogen-bond donors (Lipinski definition) is 3. The molecule has 1 unspecified atom stereocenters. The summed E-state index contributed by atoms with van der Waals surface area (Å²) >= 11 is 0. The lowest BCUT2D eigenvalue weighted by Crippen LogP contribution is -2.38. The third kappa shape index (κ3) is 6.83. The molecule has 0 saturated heterocycles. The molecule has 2 rings (SSSR count). The summed E-state index contributed by atoms with van der Waals surface area (Å²) in [5.74, 6) is 1.96. The molecule has 0 aliphatic heterocycles. The Morgan fingerprint density at radius 3 is 2.30 bits per heavy atom. The highest BCUT2D eigenvalue weighted by molar-refractivity contribution is 5.79. The smallest absolute Gasteiger partial charge is 0.191 e. The zero-order valence-corrected chi connectivity index (χ0v) is 16.2. The summed E-state index contributed by atoms with van der Waals surface area (Å²) in [6.07, 6.45) is 0.152. The van der Waals surface area contributed by atoms with E-state index in [1.54, 1.807) is 32.4 Å². The standard InChI is InChI=1S/C21H29N3O3/c1-4-22-21(23-11-10-16-8-6-5-7-9-16)24-15-20(25)17-12-18(26-2)14-19(13-17)27-3/h5-9,12-14,20,25H,4,10-11,15H2,1-3H3,(H2,22,23,24). The van der Waals surface area contributed by atoms with Gasteiger partial charge in [0.25, 0.3) is 0 Å². The molecule has 0 aliphatic rings. The van der Waals surface area contributed by atoms with E-state index in [0.29, 0.717) is 23.0 Å². The van der Waals surface area contributed by atoms with Gasteiger partial charge < -0.3 is 25.2 Å². The molecule has 0 spiro atoms. The van der Waals surface area contributed by atoms with Gasteiger partial charge in [-0.1, -0.05) is 30.3 Å². The highest BCUT2D eigenvalue weighted by atomic mass is 16.5. The number of hydrogen-bond acceptors (Lipinski definition) is 4. The lowest BCUT2D eigenvalue weighted by Gasteiger charge is -2.15. The number of methoxy groups -OCH3 is 2. The van der Waals surface area contributed by atoms with E-state index in [1.807, 2.05) is 25.1 Å². The van der Waals surface area contributed by atoms with Crippen LogP contribution in [0.15, 0.2) is 53.5 Å². The highest BCUT2D eigenvalue weighted by Crippen LogP contribution is 2.26. The zero-order valence-electron chi connectivity index (χ0n) is 16.2. The van der Waals surface area contributed by atoms with Gasteiger partial charge in [0.1, 0.15) is 11.5 Å². The molecule has 3 N–H and O–H groups in total. The van der Waals surface area contributed by atoms with E-state index >= 15 is 0 Å². The number of ether oxygens (including phenoxy) is 2. The maximum atomic E-state index is 10.5. The van der Waals surface area contributed by atoms with Gasteiger partial charge in [0.05, 0.1) is 26.9 Å². The second kappa shape index (κ2) is 11.1. The van der Waals surface area contributed by atoms with Gasteiger partial charge in [0.2, 0.25) is 0 Å². The predicted octanol–water partition coefficient (Wildman–Crippen LogP) is 2.54. The van der Waals surface area contributed by atoms with Gasteiger partial charge >= 0.3 is 0 Å². The first-order valence-electron chi connectivity index (χ1n) is 9.13. The van der Waals surface area contributed by atoms with Crippen molar-refractivity contribution in [3.63, 3.8) is 0 Å². The molecule has 0 saturated carbocycles. The second-order valence-corrected chi connectivity index (χ2v) is 6.04. The number of aliphatic hydroxyl groups is 1. The first kappa shape index (κ1) is 20.6. The third-order valence-corrected chi connectivity index (χ3v) is 4.07. The average molecular weight is 371 g/mol. The van der Waals surface area contributed by atoms with Gasteiger partial charge in [-0.3, -0.25) is 4.99 Å². The Morgan fingerprint density at radius 2 is 1.70 bits per heavy atom. The van der Waals surface area contributed by atoms with Crippen LogP contribution in [0.3, 0.4) is 0 Å².